The number of hydrogen-bond acceptors (Lipinski definition) is 6. The van der Waals surface area contributed by atoms with Crippen LogP contribution in [0.1, 0.15) is 49.4 Å². The molecule has 1 N–H and O–H groups in total. The van der Waals surface area contributed by atoms with Crippen LogP contribution in [0.25, 0.3) is 0 Å². The van der Waals surface area contributed by atoms with E-state index in [0.29, 0.717) is 11.3 Å². The predicted octanol–water partition coefficient (Wildman–Crippen LogP) is 1.94. The lowest BCUT2D eigenvalue weighted by Crippen LogP contribution is -2.33. The highest BCUT2D eigenvalue weighted by molar-refractivity contribution is 6.05. The zero-order valence-electron chi connectivity index (χ0n) is 16.3. The van der Waals surface area contributed by atoms with E-state index in [9.17, 15) is 24.0 Å². The first-order valence-electron chi connectivity index (χ1n) is 9.79. The molecule has 8 heteroatoms. The van der Waals surface area contributed by atoms with Crippen LogP contribution in [0, 0.1) is 11.8 Å². The van der Waals surface area contributed by atoms with Gasteiger partial charge in [0.1, 0.15) is 0 Å². The van der Waals surface area contributed by atoms with Crippen molar-refractivity contribution in [3.05, 3.63) is 29.8 Å². The molecule has 0 radical (unpaired) electrons. The summed E-state index contributed by atoms with van der Waals surface area (Å²) in [5.41, 5.74) is 0.705. The number of hydrogen-bond donors (Lipinski definition) is 1. The van der Waals surface area contributed by atoms with E-state index in [4.69, 9.17) is 4.74 Å². The molecule has 0 aromatic heterocycles. The molecule has 1 aliphatic heterocycles. The molecule has 0 spiro atoms. The van der Waals surface area contributed by atoms with Gasteiger partial charge in [-0.3, -0.25) is 28.9 Å². The number of rotatable bonds is 7. The zero-order chi connectivity index (χ0) is 21.0. The number of nitrogens with zero attached hydrogens (tertiary/aromatic N) is 1. The Balaban J connectivity index is 1.46. The van der Waals surface area contributed by atoms with Gasteiger partial charge < -0.3 is 10.1 Å². The van der Waals surface area contributed by atoms with Crippen molar-refractivity contribution in [3.8, 4) is 0 Å². The maximum Gasteiger partial charge on any atom is 0.308 e. The topological polar surface area (TPSA) is 110 Å². The quantitative estimate of drug-likeness (QED) is 0.425. The largest absolute Gasteiger partial charge is 0.456 e. The molecule has 3 amide bonds. The number of esters is 1. The molecule has 1 heterocycles. The molecule has 0 bridgehead atoms. The van der Waals surface area contributed by atoms with Gasteiger partial charge in [-0.1, -0.05) is 25.0 Å². The third-order valence-electron chi connectivity index (χ3n) is 5.42. The van der Waals surface area contributed by atoms with Gasteiger partial charge in [0.05, 0.1) is 23.9 Å². The fraction of sp³-hybridized carbons (Fsp3) is 0.476. The summed E-state index contributed by atoms with van der Waals surface area (Å²) in [4.78, 5) is 61.5. The molecular weight excluding hydrogens is 376 g/mol. The van der Waals surface area contributed by atoms with Crippen molar-refractivity contribution in [2.75, 3.05) is 18.5 Å². The van der Waals surface area contributed by atoms with Gasteiger partial charge in [0.25, 0.3) is 5.91 Å². The van der Waals surface area contributed by atoms with Crippen LogP contribution in [-0.4, -0.2) is 47.5 Å². The second-order valence-corrected chi connectivity index (χ2v) is 7.39. The first kappa shape index (κ1) is 20.7. The minimum atomic E-state index is -0.671. The van der Waals surface area contributed by atoms with Crippen molar-refractivity contribution >= 4 is 35.2 Å². The molecule has 1 saturated carbocycles. The van der Waals surface area contributed by atoms with Gasteiger partial charge in [0, 0.05) is 12.1 Å². The summed E-state index contributed by atoms with van der Waals surface area (Å²) >= 11 is 0. The Morgan fingerprint density at radius 3 is 2.31 bits per heavy atom. The summed E-state index contributed by atoms with van der Waals surface area (Å²) in [6.07, 6.45) is 3.17. The van der Waals surface area contributed by atoms with E-state index in [1.807, 2.05) is 0 Å². The second-order valence-electron chi connectivity index (χ2n) is 7.39. The SMILES string of the molecule is CC(=O)c1ccccc1NC(=O)COC(=O)CCN1C(=O)[C@@H]2CCCC[C@H]2C1=O. The van der Waals surface area contributed by atoms with Crippen LogP contribution in [-0.2, 0) is 23.9 Å². The number of benzene rings is 1. The Morgan fingerprint density at radius 2 is 1.69 bits per heavy atom. The van der Waals surface area contributed by atoms with Crippen LogP contribution < -0.4 is 5.32 Å². The molecule has 0 unspecified atom stereocenters. The fourth-order valence-corrected chi connectivity index (χ4v) is 3.96. The molecular formula is C21H24N2O6. The highest BCUT2D eigenvalue weighted by Gasteiger charge is 2.47. The number of amides is 3. The summed E-state index contributed by atoms with van der Waals surface area (Å²) in [5.74, 6) is -2.35. The van der Waals surface area contributed by atoms with Gasteiger partial charge in [-0.25, -0.2) is 0 Å². The van der Waals surface area contributed by atoms with E-state index >= 15 is 0 Å². The number of para-hydroxylation sites is 1. The molecule has 2 fully saturated rings. The van der Waals surface area contributed by atoms with Crippen LogP contribution in [0.2, 0.25) is 0 Å². The Bertz CT molecular complexity index is 825. The third kappa shape index (κ3) is 4.70. The minimum Gasteiger partial charge on any atom is -0.456 e. The van der Waals surface area contributed by atoms with E-state index < -0.39 is 18.5 Å². The van der Waals surface area contributed by atoms with Gasteiger partial charge in [0.2, 0.25) is 11.8 Å². The monoisotopic (exact) mass is 400 g/mol. The highest BCUT2D eigenvalue weighted by atomic mass is 16.5. The standard InChI is InChI=1S/C21H24N2O6/c1-13(24)14-6-4-5-9-17(14)22-18(25)12-29-19(26)10-11-23-20(27)15-7-2-3-8-16(15)21(23)28/h4-6,9,15-16H,2-3,7-8,10-12H2,1H3,(H,22,25)/t15-,16-/m1/s1. The van der Waals surface area contributed by atoms with Gasteiger partial charge in [0.15, 0.2) is 12.4 Å². The third-order valence-corrected chi connectivity index (χ3v) is 5.42. The molecule has 3 rings (SSSR count). The van der Waals surface area contributed by atoms with Crippen molar-refractivity contribution in [2.24, 2.45) is 11.8 Å². The molecule has 1 aromatic rings. The van der Waals surface area contributed by atoms with Crippen molar-refractivity contribution in [3.63, 3.8) is 0 Å². The zero-order valence-corrected chi connectivity index (χ0v) is 16.3. The predicted molar refractivity (Wildman–Crippen MR) is 103 cm³/mol. The van der Waals surface area contributed by atoms with E-state index in [0.717, 1.165) is 30.6 Å². The van der Waals surface area contributed by atoms with Crippen LogP contribution in [0.3, 0.4) is 0 Å². The average molecular weight is 400 g/mol. The number of nitrogens with one attached hydrogen (secondary N) is 1. The van der Waals surface area contributed by atoms with Crippen LogP contribution in [0.5, 0.6) is 0 Å². The molecule has 154 valence electrons. The van der Waals surface area contributed by atoms with Crippen molar-refractivity contribution < 1.29 is 28.7 Å². The molecule has 29 heavy (non-hydrogen) atoms. The van der Waals surface area contributed by atoms with Gasteiger partial charge >= 0.3 is 5.97 Å². The average Bonchev–Trinajstić information content (AvgIpc) is 2.95. The van der Waals surface area contributed by atoms with Crippen LogP contribution in [0.4, 0.5) is 5.69 Å². The Labute approximate surface area is 168 Å². The normalized spacial score (nSPS) is 20.9. The summed E-state index contributed by atoms with van der Waals surface area (Å²) < 4.78 is 4.94. The van der Waals surface area contributed by atoms with Crippen LogP contribution in [0.15, 0.2) is 24.3 Å². The van der Waals surface area contributed by atoms with E-state index in [1.54, 1.807) is 24.3 Å². The molecule has 1 aromatic carbocycles. The van der Waals surface area contributed by atoms with E-state index in [-0.39, 0.29) is 42.4 Å². The number of likely N-dealkylation sites (tertiary alicyclic amines) is 1. The summed E-state index contributed by atoms with van der Waals surface area (Å²) in [7, 11) is 0. The lowest BCUT2D eigenvalue weighted by Gasteiger charge is -2.19. The minimum absolute atomic E-state index is 0.0295. The van der Waals surface area contributed by atoms with Gasteiger partial charge in [-0.05, 0) is 31.9 Å². The van der Waals surface area contributed by atoms with Gasteiger partial charge in [-0.2, -0.15) is 0 Å². The maximum atomic E-state index is 12.4. The number of ketones is 1. The smallest absolute Gasteiger partial charge is 0.308 e. The molecule has 1 saturated heterocycles. The highest BCUT2D eigenvalue weighted by Crippen LogP contribution is 2.37. The Kier molecular flexibility index (Phi) is 6.41. The number of carbonyl (C=O) groups is 5. The number of imide groups is 1. The van der Waals surface area contributed by atoms with E-state index in [2.05, 4.69) is 5.32 Å². The fourth-order valence-electron chi connectivity index (χ4n) is 3.96. The summed E-state index contributed by atoms with van der Waals surface area (Å²) in [6.45, 7) is 0.846. The number of anilines is 1. The Morgan fingerprint density at radius 1 is 1.07 bits per heavy atom. The molecule has 2 aliphatic rings. The van der Waals surface area contributed by atoms with E-state index in [1.165, 1.54) is 6.92 Å². The molecule has 1 aliphatic carbocycles. The first-order valence-corrected chi connectivity index (χ1v) is 9.79. The number of Topliss-reactive ketones (excluding diaryl/α,β-unsaturated/α-hetero) is 1. The molecule has 2 atom stereocenters. The van der Waals surface area contributed by atoms with Crippen molar-refractivity contribution in [2.45, 2.75) is 39.0 Å². The van der Waals surface area contributed by atoms with Crippen molar-refractivity contribution in [1.29, 1.82) is 0 Å². The van der Waals surface area contributed by atoms with Crippen molar-refractivity contribution in [1.82, 2.24) is 4.90 Å². The lowest BCUT2D eigenvalue weighted by molar-refractivity contribution is -0.148. The summed E-state index contributed by atoms with van der Waals surface area (Å²) in [5, 5.41) is 2.54. The first-order chi connectivity index (χ1) is 13.9. The Hall–Kier alpha value is -3.03. The number of ether oxygens (including phenoxy) is 1. The van der Waals surface area contributed by atoms with Crippen LogP contribution >= 0.6 is 0 Å². The maximum absolute atomic E-state index is 12.4. The van der Waals surface area contributed by atoms with Gasteiger partial charge in [-0.15, -0.1) is 0 Å². The summed E-state index contributed by atoms with van der Waals surface area (Å²) in [6, 6.07) is 6.53. The second kappa shape index (κ2) is 8.98. The number of fused-ring (bicyclic) bond motifs is 1. The number of carbonyl (C=O) groups excluding carboxylic acids is 5. The lowest BCUT2D eigenvalue weighted by atomic mass is 9.81. The molecule has 8 nitrogen and oxygen atoms in total.